The molecule has 1 saturated heterocycles. The van der Waals surface area contributed by atoms with Crippen LogP contribution in [0.3, 0.4) is 0 Å². The van der Waals surface area contributed by atoms with E-state index in [0.29, 0.717) is 13.2 Å². The number of carbonyl (C=O) groups is 2. The number of anilines is 1. The van der Waals surface area contributed by atoms with Gasteiger partial charge in [0, 0.05) is 18.8 Å². The lowest BCUT2D eigenvalue weighted by molar-refractivity contribution is -0.142. The van der Waals surface area contributed by atoms with Gasteiger partial charge < -0.3 is 19.1 Å². The number of hydrogen-bond donors (Lipinski definition) is 0. The Bertz CT molecular complexity index is 582. The molecule has 1 aromatic carbocycles. The van der Waals surface area contributed by atoms with Crippen LogP contribution in [0, 0.1) is 0 Å². The molecular formula is C17H21NO5. The minimum atomic E-state index is -0.432. The van der Waals surface area contributed by atoms with Gasteiger partial charge in [0.1, 0.15) is 12.5 Å². The third-order valence-electron chi connectivity index (χ3n) is 4.31. The van der Waals surface area contributed by atoms with Gasteiger partial charge in [-0.3, -0.25) is 9.59 Å². The number of fused-ring (bicyclic) bond motifs is 1. The third-order valence-corrected chi connectivity index (χ3v) is 4.31. The first-order chi connectivity index (χ1) is 11.2. The van der Waals surface area contributed by atoms with Crippen LogP contribution >= 0.6 is 0 Å². The fraction of sp³-hybridized carbons (Fsp3) is 0.529. The number of methoxy groups -OCH3 is 1. The SMILES string of the molecule is COC(=O)C1CN(C(=O)COCC2CCCO2)c2ccccc21. The average Bonchev–Trinajstić information content (AvgIpc) is 3.21. The molecule has 0 N–H and O–H groups in total. The Labute approximate surface area is 135 Å². The fourth-order valence-corrected chi connectivity index (χ4v) is 3.12. The van der Waals surface area contributed by atoms with Gasteiger partial charge in [0.05, 0.1) is 19.8 Å². The minimum Gasteiger partial charge on any atom is -0.468 e. The van der Waals surface area contributed by atoms with Crippen LogP contribution in [0.2, 0.25) is 0 Å². The smallest absolute Gasteiger partial charge is 0.315 e. The summed E-state index contributed by atoms with van der Waals surface area (Å²) < 4.78 is 15.8. The number of esters is 1. The molecule has 6 heteroatoms. The topological polar surface area (TPSA) is 65.1 Å². The van der Waals surface area contributed by atoms with Crippen molar-refractivity contribution in [2.45, 2.75) is 24.9 Å². The number of hydrogen-bond acceptors (Lipinski definition) is 5. The summed E-state index contributed by atoms with van der Waals surface area (Å²) in [5, 5.41) is 0. The predicted molar refractivity (Wildman–Crippen MR) is 83.3 cm³/mol. The summed E-state index contributed by atoms with van der Waals surface area (Å²) in [7, 11) is 1.36. The Kier molecular flexibility index (Phi) is 4.93. The number of benzene rings is 1. The van der Waals surface area contributed by atoms with Crippen molar-refractivity contribution in [1.82, 2.24) is 0 Å². The molecule has 1 amide bonds. The molecule has 2 atom stereocenters. The van der Waals surface area contributed by atoms with E-state index in [2.05, 4.69) is 0 Å². The van der Waals surface area contributed by atoms with Gasteiger partial charge in [-0.25, -0.2) is 0 Å². The summed E-state index contributed by atoms with van der Waals surface area (Å²) in [6.07, 6.45) is 2.12. The van der Waals surface area contributed by atoms with E-state index < -0.39 is 5.92 Å². The van der Waals surface area contributed by atoms with E-state index in [1.54, 1.807) is 4.90 Å². The fourth-order valence-electron chi connectivity index (χ4n) is 3.12. The maximum absolute atomic E-state index is 12.4. The molecule has 2 unspecified atom stereocenters. The first kappa shape index (κ1) is 16.0. The van der Waals surface area contributed by atoms with Gasteiger partial charge in [-0.05, 0) is 24.5 Å². The van der Waals surface area contributed by atoms with Crippen LogP contribution in [0.1, 0.15) is 24.3 Å². The second-order valence-corrected chi connectivity index (χ2v) is 5.79. The van der Waals surface area contributed by atoms with Gasteiger partial charge in [-0.15, -0.1) is 0 Å². The van der Waals surface area contributed by atoms with E-state index in [1.165, 1.54) is 7.11 Å². The zero-order valence-corrected chi connectivity index (χ0v) is 13.2. The molecule has 0 aromatic heterocycles. The van der Waals surface area contributed by atoms with Crippen LogP contribution in [0.25, 0.3) is 0 Å². The first-order valence-corrected chi connectivity index (χ1v) is 7.87. The van der Waals surface area contributed by atoms with Crippen molar-refractivity contribution in [3.05, 3.63) is 29.8 Å². The van der Waals surface area contributed by atoms with E-state index >= 15 is 0 Å². The van der Waals surface area contributed by atoms with Gasteiger partial charge in [-0.2, -0.15) is 0 Å². The van der Waals surface area contributed by atoms with E-state index in [4.69, 9.17) is 14.2 Å². The van der Waals surface area contributed by atoms with Crippen molar-refractivity contribution in [2.24, 2.45) is 0 Å². The molecule has 1 fully saturated rings. The molecule has 0 radical (unpaired) electrons. The molecule has 0 spiro atoms. The molecule has 2 aliphatic heterocycles. The highest BCUT2D eigenvalue weighted by Gasteiger charge is 2.36. The molecule has 2 heterocycles. The van der Waals surface area contributed by atoms with E-state index in [0.717, 1.165) is 30.7 Å². The molecule has 1 aromatic rings. The second kappa shape index (κ2) is 7.10. The highest BCUT2D eigenvalue weighted by atomic mass is 16.5. The summed E-state index contributed by atoms with van der Waals surface area (Å²) in [4.78, 5) is 26.0. The molecule has 6 nitrogen and oxygen atoms in total. The standard InChI is InChI=1S/C17H21NO5/c1-21-17(20)14-9-18(15-7-3-2-6-13(14)15)16(19)11-22-10-12-5-4-8-23-12/h2-3,6-7,12,14H,4-5,8-11H2,1H3. The maximum atomic E-state index is 12.4. The summed E-state index contributed by atoms with van der Waals surface area (Å²) in [6.45, 7) is 1.49. The van der Waals surface area contributed by atoms with Crippen LogP contribution in [-0.4, -0.2) is 51.5 Å². The summed E-state index contributed by atoms with van der Waals surface area (Å²) in [5.74, 6) is -0.909. The Hall–Kier alpha value is -1.92. The van der Waals surface area contributed by atoms with Gasteiger partial charge in [0.2, 0.25) is 0 Å². The van der Waals surface area contributed by atoms with Gasteiger partial charge in [0.15, 0.2) is 0 Å². The number of para-hydroxylation sites is 1. The van der Waals surface area contributed by atoms with Crippen LogP contribution in [-0.2, 0) is 23.8 Å². The van der Waals surface area contributed by atoms with Crippen molar-refractivity contribution < 1.29 is 23.8 Å². The third kappa shape index (κ3) is 3.38. The van der Waals surface area contributed by atoms with Crippen LogP contribution in [0.4, 0.5) is 5.69 Å². The Morgan fingerprint density at radius 1 is 1.35 bits per heavy atom. The second-order valence-electron chi connectivity index (χ2n) is 5.79. The van der Waals surface area contributed by atoms with Crippen molar-refractivity contribution in [3.8, 4) is 0 Å². The van der Waals surface area contributed by atoms with E-state index in [-0.39, 0.29) is 24.6 Å². The van der Waals surface area contributed by atoms with Gasteiger partial charge in [0.25, 0.3) is 5.91 Å². The normalized spacial score (nSPS) is 22.9. The zero-order valence-electron chi connectivity index (χ0n) is 13.2. The zero-order chi connectivity index (χ0) is 16.2. The number of carbonyl (C=O) groups excluding carboxylic acids is 2. The lowest BCUT2D eigenvalue weighted by Crippen LogP contribution is -2.35. The summed E-state index contributed by atoms with van der Waals surface area (Å²) in [5.41, 5.74) is 1.58. The lowest BCUT2D eigenvalue weighted by atomic mass is 10.0. The molecule has 3 rings (SSSR count). The lowest BCUT2D eigenvalue weighted by Gasteiger charge is -2.18. The molecular weight excluding hydrogens is 298 g/mol. The molecule has 0 bridgehead atoms. The number of ether oxygens (including phenoxy) is 3. The Balaban J connectivity index is 1.63. The van der Waals surface area contributed by atoms with Gasteiger partial charge >= 0.3 is 5.97 Å². The summed E-state index contributed by atoms with van der Waals surface area (Å²) in [6, 6.07) is 7.41. The van der Waals surface area contributed by atoms with Crippen LogP contribution in [0.15, 0.2) is 24.3 Å². The van der Waals surface area contributed by atoms with E-state index in [1.807, 2.05) is 24.3 Å². The van der Waals surface area contributed by atoms with Gasteiger partial charge in [-0.1, -0.05) is 18.2 Å². The first-order valence-electron chi connectivity index (χ1n) is 7.87. The highest BCUT2D eigenvalue weighted by molar-refractivity contribution is 5.99. The highest BCUT2D eigenvalue weighted by Crippen LogP contribution is 2.36. The Morgan fingerprint density at radius 3 is 2.91 bits per heavy atom. The largest absolute Gasteiger partial charge is 0.468 e. The Morgan fingerprint density at radius 2 is 2.17 bits per heavy atom. The van der Waals surface area contributed by atoms with E-state index in [9.17, 15) is 9.59 Å². The quantitative estimate of drug-likeness (QED) is 0.769. The number of nitrogens with zero attached hydrogens (tertiary/aromatic N) is 1. The molecule has 124 valence electrons. The molecule has 2 aliphatic rings. The van der Waals surface area contributed by atoms with Crippen molar-refractivity contribution in [3.63, 3.8) is 0 Å². The summed E-state index contributed by atoms with van der Waals surface area (Å²) >= 11 is 0. The number of amides is 1. The van der Waals surface area contributed by atoms with Crippen LogP contribution < -0.4 is 4.90 Å². The van der Waals surface area contributed by atoms with Crippen molar-refractivity contribution in [2.75, 3.05) is 38.4 Å². The maximum Gasteiger partial charge on any atom is 0.315 e. The monoisotopic (exact) mass is 319 g/mol. The van der Waals surface area contributed by atoms with Crippen molar-refractivity contribution >= 4 is 17.6 Å². The predicted octanol–water partition coefficient (Wildman–Crippen LogP) is 1.49. The number of rotatable bonds is 5. The molecule has 0 aliphatic carbocycles. The average molecular weight is 319 g/mol. The van der Waals surface area contributed by atoms with Crippen molar-refractivity contribution in [1.29, 1.82) is 0 Å². The molecule has 23 heavy (non-hydrogen) atoms. The van der Waals surface area contributed by atoms with Crippen LogP contribution in [0.5, 0.6) is 0 Å². The molecule has 0 saturated carbocycles. The minimum absolute atomic E-state index is 0.0118.